The van der Waals surface area contributed by atoms with Crippen molar-refractivity contribution >= 4 is 27.5 Å². The molecule has 1 nitrogen and oxygen atoms in total. The summed E-state index contributed by atoms with van der Waals surface area (Å²) >= 11 is 5.40. The van der Waals surface area contributed by atoms with Gasteiger partial charge in [0.1, 0.15) is 0 Å². The molecule has 1 aromatic rings. The number of aromatic nitrogens is 1. The van der Waals surface area contributed by atoms with Crippen LogP contribution in [0.25, 0.3) is 0 Å². The number of aryl methyl sites for hydroxylation is 1. The largest absolute Gasteiger partial charge is 0.198 e. The Balaban J connectivity index is 2.19. The van der Waals surface area contributed by atoms with Gasteiger partial charge in [0.25, 0.3) is 0 Å². The van der Waals surface area contributed by atoms with Gasteiger partial charge in [-0.15, -0.1) is 0 Å². The van der Waals surface area contributed by atoms with Crippen LogP contribution in [0, 0.1) is 6.92 Å². The first-order chi connectivity index (χ1) is 5.77. The van der Waals surface area contributed by atoms with E-state index in [4.69, 9.17) is 0 Å². The van der Waals surface area contributed by atoms with E-state index in [-0.39, 0.29) is 0 Å². The number of hydrogen-bond donors (Lipinski definition) is 0. The molecule has 0 aliphatic heterocycles. The zero-order valence-corrected chi connectivity index (χ0v) is 9.49. The second-order valence-corrected chi connectivity index (χ2v) is 5.44. The first-order valence-corrected chi connectivity index (χ1v) is 6.03. The van der Waals surface area contributed by atoms with Crippen LogP contribution in [-0.4, -0.2) is 9.20 Å². The third-order valence-corrected chi connectivity index (χ3v) is 4.55. The molecular formula is C9H12BrNS. The van der Waals surface area contributed by atoms with E-state index in [0.29, 0.717) is 4.83 Å². The van der Waals surface area contributed by atoms with Crippen molar-refractivity contribution in [1.82, 2.24) is 4.37 Å². The van der Waals surface area contributed by atoms with Gasteiger partial charge in [0.05, 0.1) is 5.69 Å². The fourth-order valence-electron chi connectivity index (χ4n) is 1.79. The van der Waals surface area contributed by atoms with Crippen LogP contribution in [0.15, 0.2) is 6.07 Å². The third-order valence-electron chi connectivity index (χ3n) is 2.44. The number of nitrogens with zero attached hydrogens (tertiary/aromatic N) is 1. The van der Waals surface area contributed by atoms with Gasteiger partial charge in [-0.3, -0.25) is 0 Å². The summed E-state index contributed by atoms with van der Waals surface area (Å²) in [6.07, 6.45) is 4.01. The molecule has 12 heavy (non-hydrogen) atoms. The van der Waals surface area contributed by atoms with E-state index in [0.717, 1.165) is 5.92 Å². The van der Waals surface area contributed by atoms with Gasteiger partial charge in [-0.05, 0) is 37.4 Å². The summed E-state index contributed by atoms with van der Waals surface area (Å²) in [6.45, 7) is 2.07. The molecule has 1 saturated carbocycles. The van der Waals surface area contributed by atoms with Crippen molar-refractivity contribution in [3.63, 3.8) is 0 Å². The fourth-order valence-corrected chi connectivity index (χ4v) is 3.78. The van der Waals surface area contributed by atoms with Crippen molar-refractivity contribution in [2.45, 2.75) is 36.9 Å². The van der Waals surface area contributed by atoms with Gasteiger partial charge in [0.2, 0.25) is 0 Å². The standard InChI is InChI=1S/C9H12BrNS/c1-6-5-9(12-11-6)7-3-2-4-8(7)10/h5,7-8H,2-4H2,1H3. The van der Waals surface area contributed by atoms with E-state index in [1.165, 1.54) is 29.8 Å². The minimum absolute atomic E-state index is 0.692. The lowest BCUT2D eigenvalue weighted by atomic mass is 10.1. The van der Waals surface area contributed by atoms with Crippen LogP contribution in [0.2, 0.25) is 0 Å². The van der Waals surface area contributed by atoms with E-state index >= 15 is 0 Å². The van der Waals surface area contributed by atoms with Crippen molar-refractivity contribution in [3.8, 4) is 0 Å². The van der Waals surface area contributed by atoms with Gasteiger partial charge in [0.15, 0.2) is 0 Å². The molecule has 1 aromatic heterocycles. The number of halogens is 1. The highest BCUT2D eigenvalue weighted by Crippen LogP contribution is 2.40. The Labute approximate surface area is 85.5 Å². The molecule has 0 N–H and O–H groups in total. The summed E-state index contributed by atoms with van der Waals surface area (Å²) in [5, 5.41) is 0. The maximum Gasteiger partial charge on any atom is 0.0514 e. The lowest BCUT2D eigenvalue weighted by Crippen LogP contribution is -2.01. The molecular weight excluding hydrogens is 234 g/mol. The van der Waals surface area contributed by atoms with Crippen molar-refractivity contribution in [1.29, 1.82) is 0 Å². The van der Waals surface area contributed by atoms with Crippen LogP contribution in [0.4, 0.5) is 0 Å². The second kappa shape index (κ2) is 3.46. The quantitative estimate of drug-likeness (QED) is 0.691. The molecule has 0 bridgehead atoms. The van der Waals surface area contributed by atoms with E-state index in [1.807, 2.05) is 0 Å². The van der Waals surface area contributed by atoms with Crippen LogP contribution in [0.1, 0.15) is 35.8 Å². The molecule has 0 amide bonds. The minimum Gasteiger partial charge on any atom is -0.198 e. The van der Waals surface area contributed by atoms with Crippen molar-refractivity contribution in [2.75, 3.05) is 0 Å². The lowest BCUT2D eigenvalue weighted by Gasteiger charge is -2.09. The average Bonchev–Trinajstić information content (AvgIpc) is 2.58. The summed E-state index contributed by atoms with van der Waals surface area (Å²) in [6, 6.07) is 2.23. The fraction of sp³-hybridized carbons (Fsp3) is 0.667. The number of alkyl halides is 1. The Hall–Kier alpha value is 0.110. The van der Waals surface area contributed by atoms with Crippen LogP contribution < -0.4 is 0 Å². The molecule has 1 heterocycles. The van der Waals surface area contributed by atoms with Crippen molar-refractivity contribution in [2.24, 2.45) is 0 Å². The molecule has 2 unspecified atom stereocenters. The lowest BCUT2D eigenvalue weighted by molar-refractivity contribution is 0.758. The molecule has 0 saturated heterocycles. The predicted molar refractivity (Wildman–Crippen MR) is 56.2 cm³/mol. The molecule has 3 heteroatoms. The van der Waals surface area contributed by atoms with Gasteiger partial charge in [-0.25, -0.2) is 0 Å². The predicted octanol–water partition coefficient (Wildman–Crippen LogP) is 3.48. The minimum atomic E-state index is 0.692. The highest BCUT2D eigenvalue weighted by Gasteiger charge is 2.27. The van der Waals surface area contributed by atoms with Crippen molar-refractivity contribution < 1.29 is 0 Å². The number of hydrogen-bond acceptors (Lipinski definition) is 2. The molecule has 0 aromatic carbocycles. The maximum atomic E-state index is 4.32. The topological polar surface area (TPSA) is 12.9 Å². The van der Waals surface area contributed by atoms with Crippen molar-refractivity contribution in [3.05, 3.63) is 16.6 Å². The average molecular weight is 246 g/mol. The summed E-state index contributed by atoms with van der Waals surface area (Å²) in [7, 11) is 0. The monoisotopic (exact) mass is 245 g/mol. The highest BCUT2D eigenvalue weighted by molar-refractivity contribution is 9.09. The van der Waals surface area contributed by atoms with Crippen LogP contribution in [0.3, 0.4) is 0 Å². The van der Waals surface area contributed by atoms with Gasteiger partial charge in [-0.2, -0.15) is 4.37 Å². The number of rotatable bonds is 1. The Kier molecular flexibility index (Phi) is 2.51. The van der Waals surface area contributed by atoms with Crippen LogP contribution in [-0.2, 0) is 0 Å². The Morgan fingerprint density at radius 1 is 1.58 bits per heavy atom. The molecule has 0 radical (unpaired) electrons. The first kappa shape index (κ1) is 8.70. The Morgan fingerprint density at radius 3 is 2.92 bits per heavy atom. The van der Waals surface area contributed by atoms with E-state index in [1.54, 1.807) is 11.5 Å². The third kappa shape index (κ3) is 1.57. The zero-order valence-electron chi connectivity index (χ0n) is 7.09. The first-order valence-electron chi connectivity index (χ1n) is 4.34. The van der Waals surface area contributed by atoms with Crippen LogP contribution >= 0.6 is 27.5 Å². The molecule has 1 aliphatic carbocycles. The normalized spacial score (nSPS) is 29.5. The summed E-state index contributed by atoms with van der Waals surface area (Å²) in [5.41, 5.74) is 1.17. The second-order valence-electron chi connectivity index (χ2n) is 3.42. The molecule has 2 atom stereocenters. The zero-order chi connectivity index (χ0) is 8.55. The van der Waals surface area contributed by atoms with Gasteiger partial charge >= 0.3 is 0 Å². The van der Waals surface area contributed by atoms with E-state index in [9.17, 15) is 0 Å². The van der Waals surface area contributed by atoms with Gasteiger partial charge < -0.3 is 0 Å². The SMILES string of the molecule is Cc1cc(C2CCCC2Br)sn1. The summed E-state index contributed by atoms with van der Waals surface area (Å²) in [4.78, 5) is 2.16. The molecule has 1 aliphatic rings. The molecule has 2 rings (SSSR count). The Bertz CT molecular complexity index is 271. The Morgan fingerprint density at radius 2 is 2.42 bits per heavy atom. The van der Waals surface area contributed by atoms with Gasteiger partial charge in [-0.1, -0.05) is 22.4 Å². The van der Waals surface area contributed by atoms with E-state index < -0.39 is 0 Å². The molecule has 0 spiro atoms. The summed E-state index contributed by atoms with van der Waals surface area (Å²) < 4.78 is 4.32. The summed E-state index contributed by atoms with van der Waals surface area (Å²) in [5.74, 6) is 0.733. The smallest absolute Gasteiger partial charge is 0.0514 e. The van der Waals surface area contributed by atoms with Gasteiger partial charge in [0, 0.05) is 15.6 Å². The highest BCUT2D eigenvalue weighted by atomic mass is 79.9. The molecule has 66 valence electrons. The van der Waals surface area contributed by atoms with E-state index in [2.05, 4.69) is 33.3 Å². The maximum absolute atomic E-state index is 4.32. The molecule has 1 fully saturated rings. The van der Waals surface area contributed by atoms with Crippen LogP contribution in [0.5, 0.6) is 0 Å².